The van der Waals surface area contributed by atoms with Gasteiger partial charge in [-0.3, -0.25) is 4.68 Å². The molecule has 0 aliphatic rings. The summed E-state index contributed by atoms with van der Waals surface area (Å²) in [7, 11) is 0. The van der Waals surface area contributed by atoms with Crippen LogP contribution >= 0.6 is 11.6 Å². The Morgan fingerprint density at radius 1 is 1.40 bits per heavy atom. The van der Waals surface area contributed by atoms with Gasteiger partial charge >= 0.3 is 0 Å². The molecule has 1 aromatic heterocycles. The quantitative estimate of drug-likeness (QED) is 0.767. The Morgan fingerprint density at radius 2 is 2.20 bits per heavy atom. The van der Waals surface area contributed by atoms with Crippen molar-refractivity contribution >= 4 is 11.6 Å². The van der Waals surface area contributed by atoms with Gasteiger partial charge in [-0.25, -0.2) is 4.39 Å². The Kier molecular flexibility index (Phi) is 2.73. The van der Waals surface area contributed by atoms with Gasteiger partial charge in [-0.05, 0) is 19.1 Å². The minimum Gasteiger partial charge on any atom is -0.268 e. The molecule has 0 saturated carbocycles. The van der Waals surface area contributed by atoms with Crippen LogP contribution in [0, 0.1) is 12.7 Å². The van der Waals surface area contributed by atoms with Crippen LogP contribution in [0.25, 0.3) is 0 Å². The molecule has 0 N–H and O–H groups in total. The Bertz CT molecular complexity index is 479. The first-order chi connectivity index (χ1) is 7.16. The lowest BCUT2D eigenvalue weighted by Crippen LogP contribution is -2.02. The van der Waals surface area contributed by atoms with Gasteiger partial charge in [-0.2, -0.15) is 5.10 Å². The molecule has 4 heteroatoms. The van der Waals surface area contributed by atoms with Crippen molar-refractivity contribution in [1.29, 1.82) is 0 Å². The van der Waals surface area contributed by atoms with Crippen LogP contribution in [-0.4, -0.2) is 9.78 Å². The molecule has 15 heavy (non-hydrogen) atoms. The number of benzene rings is 1. The van der Waals surface area contributed by atoms with E-state index in [-0.39, 0.29) is 10.8 Å². The summed E-state index contributed by atoms with van der Waals surface area (Å²) in [5.74, 6) is -0.368. The third-order valence-corrected chi connectivity index (χ3v) is 2.43. The lowest BCUT2D eigenvalue weighted by Gasteiger charge is -2.04. The number of halogens is 2. The van der Waals surface area contributed by atoms with E-state index in [2.05, 4.69) is 5.10 Å². The van der Waals surface area contributed by atoms with Crippen LogP contribution in [0.3, 0.4) is 0 Å². The summed E-state index contributed by atoms with van der Waals surface area (Å²) in [6.45, 7) is 2.30. The molecule has 0 fully saturated rings. The van der Waals surface area contributed by atoms with E-state index in [0.717, 1.165) is 5.69 Å². The van der Waals surface area contributed by atoms with Crippen LogP contribution < -0.4 is 0 Å². The second-order valence-electron chi connectivity index (χ2n) is 3.37. The van der Waals surface area contributed by atoms with Gasteiger partial charge in [0.25, 0.3) is 0 Å². The SMILES string of the molecule is Cc1ccn(Cc2cccc(Cl)c2F)n1. The first-order valence-electron chi connectivity index (χ1n) is 4.60. The molecule has 0 spiro atoms. The molecule has 2 aromatic rings. The highest BCUT2D eigenvalue weighted by Gasteiger charge is 2.06. The highest BCUT2D eigenvalue weighted by molar-refractivity contribution is 6.30. The molecule has 2 rings (SSSR count). The van der Waals surface area contributed by atoms with Gasteiger partial charge in [0, 0.05) is 11.8 Å². The molecule has 0 aliphatic heterocycles. The topological polar surface area (TPSA) is 17.8 Å². The monoisotopic (exact) mass is 224 g/mol. The molecule has 0 bridgehead atoms. The zero-order valence-corrected chi connectivity index (χ0v) is 9.00. The van der Waals surface area contributed by atoms with Crippen molar-refractivity contribution in [1.82, 2.24) is 9.78 Å². The summed E-state index contributed by atoms with van der Waals surface area (Å²) < 4.78 is 15.2. The van der Waals surface area contributed by atoms with Crippen molar-refractivity contribution in [3.63, 3.8) is 0 Å². The molecule has 78 valence electrons. The van der Waals surface area contributed by atoms with Gasteiger partial charge in [0.15, 0.2) is 0 Å². The highest BCUT2D eigenvalue weighted by Crippen LogP contribution is 2.18. The molecule has 1 heterocycles. The number of aryl methyl sites for hydroxylation is 1. The van der Waals surface area contributed by atoms with Gasteiger partial charge in [-0.15, -0.1) is 0 Å². The predicted molar refractivity (Wildman–Crippen MR) is 57.5 cm³/mol. The van der Waals surface area contributed by atoms with Crippen LogP contribution in [-0.2, 0) is 6.54 Å². The largest absolute Gasteiger partial charge is 0.268 e. The molecule has 0 atom stereocenters. The number of rotatable bonds is 2. The van der Waals surface area contributed by atoms with Crippen molar-refractivity contribution in [2.75, 3.05) is 0 Å². The molecule has 1 aromatic carbocycles. The normalized spacial score (nSPS) is 10.6. The third kappa shape index (κ3) is 2.18. The van der Waals surface area contributed by atoms with Crippen molar-refractivity contribution in [2.45, 2.75) is 13.5 Å². The van der Waals surface area contributed by atoms with Crippen molar-refractivity contribution in [2.24, 2.45) is 0 Å². The standard InChI is InChI=1S/C11H10ClFN2/c1-8-5-6-15(14-8)7-9-3-2-4-10(12)11(9)13/h2-6H,7H2,1H3. The summed E-state index contributed by atoms with van der Waals surface area (Å²) in [6.07, 6.45) is 1.82. The maximum absolute atomic E-state index is 13.5. The smallest absolute Gasteiger partial charge is 0.146 e. The van der Waals surface area contributed by atoms with E-state index in [1.807, 2.05) is 19.2 Å². The van der Waals surface area contributed by atoms with Crippen molar-refractivity contribution < 1.29 is 4.39 Å². The lowest BCUT2D eigenvalue weighted by atomic mass is 10.2. The second kappa shape index (κ2) is 4.03. The molecule has 0 amide bonds. The molecular formula is C11H10ClFN2. The summed E-state index contributed by atoms with van der Waals surface area (Å²) in [5, 5.41) is 4.33. The maximum atomic E-state index is 13.5. The first-order valence-corrected chi connectivity index (χ1v) is 4.97. The molecule has 0 saturated heterocycles. The Hall–Kier alpha value is -1.35. The van der Waals surface area contributed by atoms with E-state index < -0.39 is 0 Å². The second-order valence-corrected chi connectivity index (χ2v) is 3.77. The van der Waals surface area contributed by atoms with Crippen LogP contribution in [0.2, 0.25) is 5.02 Å². The van der Waals surface area contributed by atoms with Crippen LogP contribution in [0.5, 0.6) is 0 Å². The Labute approximate surface area is 92.3 Å². The third-order valence-electron chi connectivity index (χ3n) is 2.14. The maximum Gasteiger partial charge on any atom is 0.146 e. The van der Waals surface area contributed by atoms with Crippen LogP contribution in [0.15, 0.2) is 30.5 Å². The van der Waals surface area contributed by atoms with Gasteiger partial charge in [0.1, 0.15) is 5.82 Å². The fourth-order valence-electron chi connectivity index (χ4n) is 1.40. The molecule has 0 radical (unpaired) electrons. The number of hydrogen-bond acceptors (Lipinski definition) is 1. The Balaban J connectivity index is 2.28. The van der Waals surface area contributed by atoms with E-state index in [0.29, 0.717) is 12.1 Å². The highest BCUT2D eigenvalue weighted by atomic mass is 35.5. The average Bonchev–Trinajstić information content (AvgIpc) is 2.59. The van der Waals surface area contributed by atoms with E-state index in [1.54, 1.807) is 16.8 Å². The zero-order valence-electron chi connectivity index (χ0n) is 8.24. The van der Waals surface area contributed by atoms with Gasteiger partial charge in [0.05, 0.1) is 17.3 Å². The van der Waals surface area contributed by atoms with E-state index in [4.69, 9.17) is 11.6 Å². The summed E-state index contributed by atoms with van der Waals surface area (Å²) >= 11 is 5.68. The van der Waals surface area contributed by atoms with Gasteiger partial charge < -0.3 is 0 Å². The summed E-state index contributed by atoms with van der Waals surface area (Å²) in [4.78, 5) is 0. The number of hydrogen-bond donors (Lipinski definition) is 0. The fraction of sp³-hybridized carbons (Fsp3) is 0.182. The van der Waals surface area contributed by atoms with E-state index in [1.165, 1.54) is 6.07 Å². The molecule has 0 aliphatic carbocycles. The average molecular weight is 225 g/mol. The number of aromatic nitrogens is 2. The van der Waals surface area contributed by atoms with Crippen molar-refractivity contribution in [3.05, 3.63) is 52.6 Å². The molecular weight excluding hydrogens is 215 g/mol. The minimum absolute atomic E-state index is 0.149. The Morgan fingerprint density at radius 3 is 2.87 bits per heavy atom. The first kappa shape index (κ1) is 10.2. The zero-order chi connectivity index (χ0) is 10.8. The molecule has 0 unspecified atom stereocenters. The van der Waals surface area contributed by atoms with Crippen molar-refractivity contribution in [3.8, 4) is 0 Å². The van der Waals surface area contributed by atoms with Gasteiger partial charge in [0.2, 0.25) is 0 Å². The van der Waals surface area contributed by atoms with E-state index >= 15 is 0 Å². The summed E-state index contributed by atoms with van der Waals surface area (Å²) in [5.41, 5.74) is 1.46. The lowest BCUT2D eigenvalue weighted by molar-refractivity contribution is 0.584. The van der Waals surface area contributed by atoms with Crippen LogP contribution in [0.1, 0.15) is 11.3 Å². The molecule has 2 nitrogen and oxygen atoms in total. The summed E-state index contributed by atoms with van der Waals surface area (Å²) in [6, 6.07) is 6.85. The van der Waals surface area contributed by atoms with Gasteiger partial charge in [-0.1, -0.05) is 23.7 Å². The van der Waals surface area contributed by atoms with E-state index in [9.17, 15) is 4.39 Å². The fourth-order valence-corrected chi connectivity index (χ4v) is 1.59. The number of nitrogens with zero attached hydrogens (tertiary/aromatic N) is 2. The van der Waals surface area contributed by atoms with Crippen LogP contribution in [0.4, 0.5) is 4.39 Å². The predicted octanol–water partition coefficient (Wildman–Crippen LogP) is 3.03. The minimum atomic E-state index is -0.368.